The van der Waals surface area contributed by atoms with Crippen molar-refractivity contribution in [2.75, 3.05) is 30.3 Å². The van der Waals surface area contributed by atoms with E-state index in [2.05, 4.69) is 10.00 Å². The molecule has 2 heterocycles. The van der Waals surface area contributed by atoms with Crippen molar-refractivity contribution >= 4 is 11.5 Å². The first-order valence-electron chi connectivity index (χ1n) is 6.41. The molecule has 3 N–H and O–H groups in total. The van der Waals surface area contributed by atoms with Crippen LogP contribution in [-0.4, -0.2) is 46.8 Å². The predicted molar refractivity (Wildman–Crippen MR) is 70.7 cm³/mol. The maximum atomic E-state index is 9.27. The fourth-order valence-electron chi connectivity index (χ4n) is 2.46. The number of aromatic nitrogens is 2. The second kappa shape index (κ2) is 5.16. The average Bonchev–Trinajstić information content (AvgIpc) is 2.64. The second-order valence-electron chi connectivity index (χ2n) is 4.79. The van der Waals surface area contributed by atoms with Crippen molar-refractivity contribution in [3.8, 4) is 0 Å². The van der Waals surface area contributed by atoms with Gasteiger partial charge in [0.15, 0.2) is 5.82 Å². The fourth-order valence-corrected chi connectivity index (χ4v) is 2.46. The molecular formula is C12H22N4O2. The molecule has 0 saturated carbocycles. The molecule has 0 radical (unpaired) electrons. The summed E-state index contributed by atoms with van der Waals surface area (Å²) in [5.74, 6) is 0.948. The van der Waals surface area contributed by atoms with Crippen molar-refractivity contribution in [2.24, 2.45) is 0 Å². The largest absolute Gasteiger partial charge is 0.394 e. The Balaban J connectivity index is 2.30. The number of rotatable bonds is 3. The summed E-state index contributed by atoms with van der Waals surface area (Å²) in [5.41, 5.74) is 7.69. The Bertz CT molecular complexity index is 418. The monoisotopic (exact) mass is 254 g/mol. The van der Waals surface area contributed by atoms with Gasteiger partial charge in [-0.1, -0.05) is 0 Å². The van der Waals surface area contributed by atoms with E-state index < -0.39 is 0 Å². The molecule has 1 aromatic heterocycles. The minimum atomic E-state index is -0.159. The highest BCUT2D eigenvalue weighted by Crippen LogP contribution is 2.29. The quantitative estimate of drug-likeness (QED) is 0.815. The highest BCUT2D eigenvalue weighted by molar-refractivity contribution is 5.66. The van der Waals surface area contributed by atoms with Crippen LogP contribution in [0.1, 0.15) is 19.5 Å². The summed E-state index contributed by atoms with van der Waals surface area (Å²) in [6, 6.07) is 0. The third-order valence-corrected chi connectivity index (χ3v) is 3.27. The summed E-state index contributed by atoms with van der Waals surface area (Å²) < 4.78 is 7.56. The van der Waals surface area contributed by atoms with Crippen LogP contribution in [0.25, 0.3) is 0 Å². The highest BCUT2D eigenvalue weighted by atomic mass is 16.5. The van der Waals surface area contributed by atoms with Gasteiger partial charge in [0.1, 0.15) is 0 Å². The first kappa shape index (κ1) is 13.2. The minimum absolute atomic E-state index is 0.0278. The van der Waals surface area contributed by atoms with E-state index >= 15 is 0 Å². The van der Waals surface area contributed by atoms with Gasteiger partial charge in [0, 0.05) is 19.6 Å². The third-order valence-electron chi connectivity index (χ3n) is 3.27. The highest BCUT2D eigenvalue weighted by Gasteiger charge is 2.28. The number of nitrogens with zero attached hydrogens (tertiary/aromatic N) is 3. The number of hydrogen-bond donors (Lipinski definition) is 2. The predicted octanol–water partition coefficient (Wildman–Crippen LogP) is 0.380. The van der Waals surface area contributed by atoms with Crippen molar-refractivity contribution in [1.29, 1.82) is 0 Å². The van der Waals surface area contributed by atoms with E-state index in [9.17, 15) is 5.11 Å². The lowest BCUT2D eigenvalue weighted by atomic mass is 10.2. The Morgan fingerprint density at radius 3 is 2.83 bits per heavy atom. The van der Waals surface area contributed by atoms with Gasteiger partial charge in [0.2, 0.25) is 0 Å². The molecule has 2 rings (SSSR count). The van der Waals surface area contributed by atoms with Crippen LogP contribution in [0.5, 0.6) is 0 Å². The van der Waals surface area contributed by atoms with Gasteiger partial charge in [-0.05, 0) is 20.8 Å². The summed E-state index contributed by atoms with van der Waals surface area (Å²) in [6.45, 7) is 8.19. The third kappa shape index (κ3) is 2.30. The van der Waals surface area contributed by atoms with E-state index in [-0.39, 0.29) is 18.8 Å². The summed E-state index contributed by atoms with van der Waals surface area (Å²) >= 11 is 0. The summed E-state index contributed by atoms with van der Waals surface area (Å²) in [7, 11) is 0. The zero-order valence-corrected chi connectivity index (χ0v) is 11.3. The van der Waals surface area contributed by atoms with Crippen molar-refractivity contribution in [1.82, 2.24) is 9.78 Å². The van der Waals surface area contributed by atoms with E-state index in [0.717, 1.165) is 30.3 Å². The molecule has 0 bridgehead atoms. The maximum absolute atomic E-state index is 9.27. The van der Waals surface area contributed by atoms with Crippen LogP contribution < -0.4 is 10.6 Å². The Kier molecular flexibility index (Phi) is 3.77. The van der Waals surface area contributed by atoms with Gasteiger partial charge in [-0.3, -0.25) is 0 Å². The number of aryl methyl sites for hydroxylation is 2. The zero-order valence-electron chi connectivity index (χ0n) is 11.3. The molecule has 0 aromatic carbocycles. The average molecular weight is 254 g/mol. The Labute approximate surface area is 107 Å². The Hall–Kier alpha value is -1.27. The van der Waals surface area contributed by atoms with E-state index in [0.29, 0.717) is 6.54 Å². The molecule has 102 valence electrons. The molecule has 1 fully saturated rings. The van der Waals surface area contributed by atoms with Gasteiger partial charge in [0.05, 0.1) is 30.2 Å². The molecule has 2 atom stereocenters. The SMILES string of the molecule is CCn1nc(C)c(N)c1N1CC(C)OC(CO)C1. The minimum Gasteiger partial charge on any atom is -0.394 e. The lowest BCUT2D eigenvalue weighted by molar-refractivity contribution is -0.0424. The molecule has 6 heteroatoms. The molecule has 2 unspecified atom stereocenters. The molecule has 1 aliphatic rings. The van der Waals surface area contributed by atoms with Crippen molar-refractivity contribution in [3.05, 3.63) is 5.69 Å². The maximum Gasteiger partial charge on any atom is 0.150 e. The summed E-state index contributed by atoms with van der Waals surface area (Å²) in [6.07, 6.45) is -0.0792. The summed E-state index contributed by atoms with van der Waals surface area (Å²) in [5, 5.41) is 13.7. The Morgan fingerprint density at radius 2 is 2.22 bits per heavy atom. The molecule has 0 amide bonds. The van der Waals surface area contributed by atoms with Crippen molar-refractivity contribution < 1.29 is 9.84 Å². The fraction of sp³-hybridized carbons (Fsp3) is 0.750. The molecule has 1 aliphatic heterocycles. The number of nitrogen functional groups attached to an aromatic ring is 1. The van der Waals surface area contributed by atoms with Crippen molar-refractivity contribution in [3.63, 3.8) is 0 Å². The van der Waals surface area contributed by atoms with Gasteiger partial charge in [0.25, 0.3) is 0 Å². The van der Waals surface area contributed by atoms with Gasteiger partial charge in [-0.25, -0.2) is 4.68 Å². The van der Waals surface area contributed by atoms with E-state index in [1.165, 1.54) is 0 Å². The molecule has 1 aromatic rings. The lowest BCUT2D eigenvalue weighted by Crippen LogP contribution is -2.49. The van der Waals surface area contributed by atoms with Crippen molar-refractivity contribution in [2.45, 2.75) is 39.5 Å². The second-order valence-corrected chi connectivity index (χ2v) is 4.79. The molecule has 0 aliphatic carbocycles. The van der Waals surface area contributed by atoms with Crippen LogP contribution in [0.4, 0.5) is 11.5 Å². The van der Waals surface area contributed by atoms with Gasteiger partial charge >= 0.3 is 0 Å². The molecule has 6 nitrogen and oxygen atoms in total. The molecule has 1 saturated heterocycles. The number of ether oxygens (including phenoxy) is 1. The lowest BCUT2D eigenvalue weighted by Gasteiger charge is -2.37. The number of nitrogens with two attached hydrogens (primary N) is 1. The van der Waals surface area contributed by atoms with Gasteiger partial charge < -0.3 is 20.5 Å². The van der Waals surface area contributed by atoms with Crippen LogP contribution in [0.3, 0.4) is 0 Å². The number of anilines is 2. The first-order chi connectivity index (χ1) is 8.56. The van der Waals surface area contributed by atoms with E-state index in [1.54, 1.807) is 0 Å². The number of aliphatic hydroxyl groups is 1. The molecule has 18 heavy (non-hydrogen) atoms. The van der Waals surface area contributed by atoms with Crippen LogP contribution >= 0.6 is 0 Å². The molecule has 0 spiro atoms. The molecular weight excluding hydrogens is 232 g/mol. The normalized spacial score (nSPS) is 24.6. The summed E-state index contributed by atoms with van der Waals surface area (Å²) in [4.78, 5) is 2.16. The van der Waals surface area contributed by atoms with E-state index in [1.807, 2.05) is 25.5 Å². The zero-order chi connectivity index (χ0) is 13.3. The van der Waals surface area contributed by atoms with Crippen LogP contribution in [0.15, 0.2) is 0 Å². The van der Waals surface area contributed by atoms with E-state index in [4.69, 9.17) is 10.5 Å². The first-order valence-corrected chi connectivity index (χ1v) is 6.41. The standard InChI is InChI=1S/C12H22N4O2/c1-4-16-12(11(13)9(3)14-16)15-5-8(2)18-10(6-15)7-17/h8,10,17H,4-7,13H2,1-3H3. The van der Waals surface area contributed by atoms with Crippen LogP contribution in [0, 0.1) is 6.92 Å². The van der Waals surface area contributed by atoms with Crippen LogP contribution in [-0.2, 0) is 11.3 Å². The topological polar surface area (TPSA) is 76.5 Å². The smallest absolute Gasteiger partial charge is 0.150 e. The number of aliphatic hydroxyl groups excluding tert-OH is 1. The Morgan fingerprint density at radius 1 is 1.50 bits per heavy atom. The van der Waals surface area contributed by atoms with Gasteiger partial charge in [-0.15, -0.1) is 0 Å². The number of hydrogen-bond acceptors (Lipinski definition) is 5. The number of morpholine rings is 1. The van der Waals surface area contributed by atoms with Crippen LogP contribution in [0.2, 0.25) is 0 Å². The van der Waals surface area contributed by atoms with Gasteiger partial charge in [-0.2, -0.15) is 5.10 Å².